The van der Waals surface area contributed by atoms with Crippen molar-refractivity contribution in [2.75, 3.05) is 45.5 Å². The molecule has 2 unspecified atom stereocenters. The van der Waals surface area contributed by atoms with Crippen LogP contribution in [0, 0.1) is 5.92 Å². The summed E-state index contributed by atoms with van der Waals surface area (Å²) in [7, 11) is -3.03. The van der Waals surface area contributed by atoms with Crippen LogP contribution in [-0.4, -0.2) is 69.2 Å². The molecule has 0 saturated carbocycles. The number of nitrogens with one attached hydrogen (secondary N) is 1. The van der Waals surface area contributed by atoms with Gasteiger partial charge in [0.15, 0.2) is 0 Å². The number of sulfonamides is 1. The summed E-state index contributed by atoms with van der Waals surface area (Å²) in [5.74, 6) is 0.483. The summed E-state index contributed by atoms with van der Waals surface area (Å²) in [5.41, 5.74) is 0. The first-order valence-electron chi connectivity index (χ1n) is 8.40. The number of hydrogen-bond donors (Lipinski definition) is 1. The Morgan fingerprint density at radius 1 is 1.19 bits per heavy atom. The van der Waals surface area contributed by atoms with Gasteiger partial charge in [0.25, 0.3) is 0 Å². The second-order valence-corrected chi connectivity index (χ2v) is 8.61. The van der Waals surface area contributed by atoms with Crippen molar-refractivity contribution in [1.82, 2.24) is 14.5 Å². The molecule has 0 bridgehead atoms. The lowest BCUT2D eigenvalue weighted by molar-refractivity contribution is 0.165. The maximum Gasteiger partial charge on any atom is 0.211 e. The van der Waals surface area contributed by atoms with Crippen molar-refractivity contribution in [3.63, 3.8) is 0 Å². The van der Waals surface area contributed by atoms with E-state index in [2.05, 4.69) is 17.1 Å². The van der Waals surface area contributed by atoms with Crippen LogP contribution in [0.1, 0.15) is 39.0 Å². The minimum absolute atomic E-state index is 0.483. The van der Waals surface area contributed by atoms with Crippen molar-refractivity contribution in [2.24, 2.45) is 5.92 Å². The monoisotopic (exact) mass is 317 g/mol. The van der Waals surface area contributed by atoms with Gasteiger partial charge in [-0.05, 0) is 44.7 Å². The van der Waals surface area contributed by atoms with Gasteiger partial charge < -0.3 is 10.2 Å². The van der Waals surface area contributed by atoms with Crippen molar-refractivity contribution < 1.29 is 8.42 Å². The third-order valence-electron chi connectivity index (χ3n) is 4.81. The van der Waals surface area contributed by atoms with Gasteiger partial charge in [0, 0.05) is 32.2 Å². The Bertz CT molecular complexity index is 407. The Balaban J connectivity index is 1.83. The average molecular weight is 317 g/mol. The molecule has 5 nitrogen and oxygen atoms in total. The molecule has 0 aliphatic carbocycles. The molecule has 0 aromatic carbocycles. The van der Waals surface area contributed by atoms with E-state index in [0.717, 1.165) is 39.0 Å². The molecular formula is C15H31N3O2S. The molecule has 124 valence electrons. The molecule has 2 fully saturated rings. The molecule has 0 aromatic rings. The van der Waals surface area contributed by atoms with E-state index in [1.807, 2.05) is 0 Å². The largest absolute Gasteiger partial charge is 0.313 e. The van der Waals surface area contributed by atoms with Gasteiger partial charge >= 0.3 is 0 Å². The van der Waals surface area contributed by atoms with Crippen LogP contribution in [0.4, 0.5) is 0 Å². The predicted molar refractivity (Wildman–Crippen MR) is 86.9 cm³/mol. The fraction of sp³-hybridized carbons (Fsp3) is 1.00. The molecular weight excluding hydrogens is 286 g/mol. The zero-order valence-electron chi connectivity index (χ0n) is 13.6. The van der Waals surface area contributed by atoms with E-state index in [1.54, 1.807) is 4.31 Å². The second kappa shape index (κ2) is 7.90. The quantitative estimate of drug-likeness (QED) is 0.798. The van der Waals surface area contributed by atoms with Gasteiger partial charge in [-0.1, -0.05) is 13.3 Å². The number of hydrogen-bond acceptors (Lipinski definition) is 4. The van der Waals surface area contributed by atoms with E-state index in [0.29, 0.717) is 25.0 Å². The third kappa shape index (κ3) is 5.51. The summed E-state index contributed by atoms with van der Waals surface area (Å²) >= 11 is 0. The van der Waals surface area contributed by atoms with Crippen molar-refractivity contribution >= 4 is 10.0 Å². The predicted octanol–water partition coefficient (Wildman–Crippen LogP) is 1.12. The highest BCUT2D eigenvalue weighted by molar-refractivity contribution is 7.88. The van der Waals surface area contributed by atoms with Crippen LogP contribution < -0.4 is 5.32 Å². The SMILES string of the molecule is CCN(CC1CCCN(S(C)(=O)=O)C1)CC1CCCCN1. The molecule has 2 rings (SSSR count). The van der Waals surface area contributed by atoms with Gasteiger partial charge in [-0.2, -0.15) is 0 Å². The minimum atomic E-state index is -3.03. The lowest BCUT2D eigenvalue weighted by Gasteiger charge is -2.36. The average Bonchev–Trinajstić information content (AvgIpc) is 2.47. The maximum absolute atomic E-state index is 11.7. The summed E-state index contributed by atoms with van der Waals surface area (Å²) < 4.78 is 25.1. The summed E-state index contributed by atoms with van der Waals surface area (Å²) in [6.07, 6.45) is 7.39. The fourth-order valence-electron chi connectivity index (χ4n) is 3.57. The molecule has 0 amide bonds. The molecule has 2 heterocycles. The summed E-state index contributed by atoms with van der Waals surface area (Å²) in [4.78, 5) is 2.50. The van der Waals surface area contributed by atoms with Gasteiger partial charge in [-0.3, -0.25) is 0 Å². The van der Waals surface area contributed by atoms with Crippen LogP contribution in [0.5, 0.6) is 0 Å². The highest BCUT2D eigenvalue weighted by atomic mass is 32.2. The van der Waals surface area contributed by atoms with Gasteiger partial charge in [0.1, 0.15) is 0 Å². The van der Waals surface area contributed by atoms with E-state index in [-0.39, 0.29) is 0 Å². The molecule has 1 N–H and O–H groups in total. The van der Waals surface area contributed by atoms with Crippen molar-refractivity contribution in [1.29, 1.82) is 0 Å². The Labute approximate surface area is 130 Å². The van der Waals surface area contributed by atoms with Gasteiger partial charge in [0.05, 0.1) is 6.26 Å². The standard InChI is InChI=1S/C15H31N3O2S/c1-3-17(13-15-8-4-5-9-16-15)11-14-7-6-10-18(12-14)21(2,19)20/h14-16H,3-13H2,1-2H3. The number of piperidine rings is 2. The van der Waals surface area contributed by atoms with Crippen molar-refractivity contribution in [2.45, 2.75) is 45.1 Å². The second-order valence-electron chi connectivity index (χ2n) is 6.63. The van der Waals surface area contributed by atoms with Gasteiger partial charge in [0.2, 0.25) is 10.0 Å². The van der Waals surface area contributed by atoms with Crippen molar-refractivity contribution in [3.8, 4) is 0 Å². The van der Waals surface area contributed by atoms with Gasteiger partial charge in [-0.25, -0.2) is 12.7 Å². The molecule has 0 spiro atoms. The first kappa shape index (κ1) is 17.2. The van der Waals surface area contributed by atoms with Crippen LogP contribution in [0.3, 0.4) is 0 Å². The van der Waals surface area contributed by atoms with Crippen LogP contribution in [-0.2, 0) is 10.0 Å². The molecule has 2 saturated heterocycles. The third-order valence-corrected chi connectivity index (χ3v) is 6.07. The minimum Gasteiger partial charge on any atom is -0.313 e. The first-order chi connectivity index (χ1) is 9.99. The van der Waals surface area contributed by atoms with Crippen LogP contribution in [0.15, 0.2) is 0 Å². The summed E-state index contributed by atoms with van der Waals surface area (Å²) in [5, 5.41) is 3.61. The molecule has 6 heteroatoms. The van der Waals surface area contributed by atoms with Crippen LogP contribution >= 0.6 is 0 Å². The zero-order chi connectivity index (χ0) is 15.3. The summed E-state index contributed by atoms with van der Waals surface area (Å²) in [6.45, 7) is 7.94. The molecule has 2 atom stereocenters. The lowest BCUT2D eigenvalue weighted by Crippen LogP contribution is -2.47. The van der Waals surface area contributed by atoms with E-state index >= 15 is 0 Å². The van der Waals surface area contributed by atoms with Crippen LogP contribution in [0.2, 0.25) is 0 Å². The smallest absolute Gasteiger partial charge is 0.211 e. The molecule has 2 aliphatic rings. The summed E-state index contributed by atoms with van der Waals surface area (Å²) in [6, 6.07) is 0.619. The van der Waals surface area contributed by atoms with Crippen molar-refractivity contribution in [3.05, 3.63) is 0 Å². The fourth-order valence-corrected chi connectivity index (χ4v) is 4.51. The Morgan fingerprint density at radius 3 is 2.62 bits per heavy atom. The Kier molecular flexibility index (Phi) is 6.47. The van der Waals surface area contributed by atoms with E-state index in [1.165, 1.54) is 25.5 Å². The zero-order valence-corrected chi connectivity index (χ0v) is 14.4. The number of likely N-dealkylation sites (N-methyl/N-ethyl adjacent to an activating group) is 1. The normalized spacial score (nSPS) is 28.9. The Hall–Kier alpha value is -0.170. The van der Waals surface area contributed by atoms with E-state index < -0.39 is 10.0 Å². The maximum atomic E-state index is 11.7. The van der Waals surface area contributed by atoms with Crippen LogP contribution in [0.25, 0.3) is 0 Å². The highest BCUT2D eigenvalue weighted by Gasteiger charge is 2.27. The van der Waals surface area contributed by atoms with E-state index in [4.69, 9.17) is 0 Å². The molecule has 2 aliphatic heterocycles. The number of rotatable bonds is 6. The topological polar surface area (TPSA) is 52.7 Å². The molecule has 0 aromatic heterocycles. The highest BCUT2D eigenvalue weighted by Crippen LogP contribution is 2.20. The van der Waals surface area contributed by atoms with E-state index in [9.17, 15) is 8.42 Å². The number of nitrogens with zero attached hydrogens (tertiary/aromatic N) is 2. The lowest BCUT2D eigenvalue weighted by atomic mass is 9.98. The Morgan fingerprint density at radius 2 is 2.00 bits per heavy atom. The molecule has 0 radical (unpaired) electrons. The first-order valence-corrected chi connectivity index (χ1v) is 10.2. The molecule has 21 heavy (non-hydrogen) atoms. The van der Waals surface area contributed by atoms with Gasteiger partial charge in [-0.15, -0.1) is 0 Å².